The molecule has 0 saturated heterocycles. The van der Waals surface area contributed by atoms with Crippen molar-refractivity contribution in [2.24, 2.45) is 5.92 Å². The van der Waals surface area contributed by atoms with Crippen LogP contribution in [-0.4, -0.2) is 28.0 Å². The third kappa shape index (κ3) is 6.37. The summed E-state index contributed by atoms with van der Waals surface area (Å²) in [7, 11) is -1.94. The molecule has 0 bridgehead atoms. The van der Waals surface area contributed by atoms with Crippen LogP contribution in [0.4, 0.5) is 5.69 Å². The number of amides is 1. The Morgan fingerprint density at radius 3 is 2.37 bits per heavy atom. The van der Waals surface area contributed by atoms with E-state index in [0.717, 1.165) is 5.56 Å². The number of ether oxygens (including phenoxy) is 1. The topological polar surface area (TPSA) is 84.5 Å². The Hall–Kier alpha value is -2.38. The van der Waals surface area contributed by atoms with E-state index in [4.69, 9.17) is 4.74 Å². The van der Waals surface area contributed by atoms with E-state index >= 15 is 0 Å². The van der Waals surface area contributed by atoms with Gasteiger partial charge >= 0.3 is 0 Å². The van der Waals surface area contributed by atoms with Crippen molar-refractivity contribution in [1.29, 1.82) is 0 Å². The Morgan fingerprint density at radius 1 is 1.07 bits per heavy atom. The van der Waals surface area contributed by atoms with Crippen LogP contribution < -0.4 is 14.8 Å². The maximum atomic E-state index is 12.2. The number of carbonyl (C=O) groups excluding carboxylic acids is 1. The second-order valence-electron chi connectivity index (χ2n) is 6.64. The fraction of sp³-hybridized carbons (Fsp3) is 0.350. The van der Waals surface area contributed by atoms with E-state index < -0.39 is 10.0 Å². The molecule has 2 rings (SSSR count). The van der Waals surface area contributed by atoms with E-state index in [0.29, 0.717) is 24.4 Å². The van der Waals surface area contributed by atoms with E-state index in [1.54, 1.807) is 43.5 Å². The van der Waals surface area contributed by atoms with Crippen molar-refractivity contribution < 1.29 is 17.9 Å². The summed E-state index contributed by atoms with van der Waals surface area (Å²) in [6.45, 7) is 4.29. The van der Waals surface area contributed by atoms with Crippen molar-refractivity contribution in [3.8, 4) is 5.75 Å². The Balaban J connectivity index is 1.92. The van der Waals surface area contributed by atoms with Crippen molar-refractivity contribution in [1.82, 2.24) is 4.72 Å². The van der Waals surface area contributed by atoms with Gasteiger partial charge in [-0.25, -0.2) is 13.1 Å². The predicted molar refractivity (Wildman–Crippen MR) is 106 cm³/mol. The van der Waals surface area contributed by atoms with E-state index in [1.165, 1.54) is 0 Å². The molecule has 0 fully saturated rings. The number of hydrogen-bond acceptors (Lipinski definition) is 4. The summed E-state index contributed by atoms with van der Waals surface area (Å²) in [6, 6.07) is 13.8. The maximum absolute atomic E-state index is 12.2. The second-order valence-corrected chi connectivity index (χ2v) is 8.41. The van der Waals surface area contributed by atoms with Gasteiger partial charge in [0.2, 0.25) is 15.9 Å². The average Bonchev–Trinajstić information content (AvgIpc) is 2.65. The van der Waals surface area contributed by atoms with Crippen LogP contribution in [0.15, 0.2) is 53.4 Å². The van der Waals surface area contributed by atoms with Gasteiger partial charge in [-0.05, 0) is 42.2 Å². The summed E-state index contributed by atoms with van der Waals surface area (Å²) < 4.78 is 32.2. The van der Waals surface area contributed by atoms with Crippen molar-refractivity contribution in [2.75, 3.05) is 19.0 Å². The maximum Gasteiger partial charge on any atom is 0.240 e. The summed E-state index contributed by atoms with van der Waals surface area (Å²) in [5, 5.41) is 2.82. The fourth-order valence-electron chi connectivity index (χ4n) is 2.41. The number of aryl methyl sites for hydroxylation is 1. The van der Waals surface area contributed by atoms with E-state index in [9.17, 15) is 13.2 Å². The third-order valence-electron chi connectivity index (χ3n) is 3.94. The number of sulfonamides is 1. The molecule has 0 aromatic heterocycles. The molecule has 0 radical (unpaired) electrons. The summed E-state index contributed by atoms with van der Waals surface area (Å²) in [6.07, 6.45) is 0.802. The van der Waals surface area contributed by atoms with Crippen LogP contribution in [0.5, 0.6) is 5.75 Å². The summed E-state index contributed by atoms with van der Waals surface area (Å²) >= 11 is 0. The molecule has 0 aliphatic heterocycles. The first-order chi connectivity index (χ1) is 12.8. The highest BCUT2D eigenvalue weighted by atomic mass is 32.2. The van der Waals surface area contributed by atoms with Crippen molar-refractivity contribution in [3.05, 3.63) is 54.1 Å². The highest BCUT2D eigenvalue weighted by Gasteiger charge is 2.14. The zero-order valence-corrected chi connectivity index (χ0v) is 16.7. The quantitative estimate of drug-likeness (QED) is 0.689. The number of methoxy groups -OCH3 is 1. The molecule has 0 atom stereocenters. The fourth-order valence-corrected chi connectivity index (χ4v) is 3.63. The predicted octanol–water partition coefficient (Wildman–Crippen LogP) is 3.20. The molecular weight excluding hydrogens is 364 g/mol. The number of para-hydroxylation sites is 2. The number of nitrogens with one attached hydrogen (secondary N) is 2. The minimum Gasteiger partial charge on any atom is -0.495 e. The normalized spacial score (nSPS) is 11.4. The van der Waals surface area contributed by atoms with Crippen LogP contribution in [0.1, 0.15) is 25.8 Å². The van der Waals surface area contributed by atoms with E-state index in [1.807, 2.05) is 26.0 Å². The smallest absolute Gasteiger partial charge is 0.240 e. The van der Waals surface area contributed by atoms with Crippen molar-refractivity contribution >= 4 is 21.6 Å². The van der Waals surface area contributed by atoms with Gasteiger partial charge in [-0.1, -0.05) is 38.1 Å². The molecule has 2 aromatic rings. The molecule has 146 valence electrons. The number of rotatable bonds is 9. The number of benzene rings is 2. The van der Waals surface area contributed by atoms with E-state index in [2.05, 4.69) is 10.0 Å². The molecule has 0 unspecified atom stereocenters. The lowest BCUT2D eigenvalue weighted by atomic mass is 10.1. The van der Waals surface area contributed by atoms with Crippen LogP contribution in [0.2, 0.25) is 0 Å². The van der Waals surface area contributed by atoms with Gasteiger partial charge in [-0.2, -0.15) is 0 Å². The highest BCUT2D eigenvalue weighted by Crippen LogP contribution is 2.23. The van der Waals surface area contributed by atoms with Gasteiger partial charge in [0.15, 0.2) is 0 Å². The van der Waals surface area contributed by atoms with Crippen LogP contribution in [0, 0.1) is 5.92 Å². The average molecular weight is 391 g/mol. The van der Waals surface area contributed by atoms with Gasteiger partial charge in [-0.15, -0.1) is 0 Å². The molecule has 0 heterocycles. The molecule has 0 saturated carbocycles. The first-order valence-electron chi connectivity index (χ1n) is 8.83. The molecule has 7 heteroatoms. The zero-order valence-electron chi connectivity index (χ0n) is 15.9. The molecule has 6 nitrogen and oxygen atoms in total. The van der Waals surface area contributed by atoms with Gasteiger partial charge in [0.25, 0.3) is 0 Å². The first-order valence-corrected chi connectivity index (χ1v) is 10.3. The van der Waals surface area contributed by atoms with Crippen molar-refractivity contribution in [2.45, 2.75) is 31.6 Å². The summed E-state index contributed by atoms with van der Waals surface area (Å²) in [5.74, 6) is 0.713. The largest absolute Gasteiger partial charge is 0.495 e. The molecule has 0 aliphatic rings. The lowest BCUT2D eigenvalue weighted by Crippen LogP contribution is -2.27. The standard InChI is InChI=1S/C20H26N2O4S/c1-15(2)14-21-27(24,25)17-11-8-16(9-12-17)10-13-20(23)22-18-6-4-5-7-19(18)26-3/h4-9,11-12,15,21H,10,13-14H2,1-3H3,(H,22,23). The van der Waals surface area contributed by atoms with E-state index in [-0.39, 0.29) is 23.1 Å². The zero-order chi connectivity index (χ0) is 19.9. The summed E-state index contributed by atoms with van der Waals surface area (Å²) in [4.78, 5) is 12.4. The van der Waals surface area contributed by atoms with Gasteiger partial charge in [0.05, 0.1) is 17.7 Å². The monoisotopic (exact) mass is 390 g/mol. The molecule has 1 amide bonds. The van der Waals surface area contributed by atoms with Crippen molar-refractivity contribution in [3.63, 3.8) is 0 Å². The third-order valence-corrected chi connectivity index (χ3v) is 5.38. The Kier molecular flexibility index (Phi) is 7.38. The second kappa shape index (κ2) is 9.53. The minimum absolute atomic E-state index is 0.130. The van der Waals surface area contributed by atoms with Crippen LogP contribution >= 0.6 is 0 Å². The van der Waals surface area contributed by atoms with Gasteiger partial charge < -0.3 is 10.1 Å². The number of carbonyl (C=O) groups is 1. The number of anilines is 1. The summed E-state index contributed by atoms with van der Waals surface area (Å²) in [5.41, 5.74) is 1.52. The molecule has 0 aliphatic carbocycles. The molecule has 2 aromatic carbocycles. The van der Waals surface area contributed by atoms with Gasteiger partial charge in [0.1, 0.15) is 5.75 Å². The Labute approximate surface area is 161 Å². The van der Waals surface area contributed by atoms with Gasteiger partial charge in [0, 0.05) is 13.0 Å². The van der Waals surface area contributed by atoms with Gasteiger partial charge in [-0.3, -0.25) is 4.79 Å². The lowest BCUT2D eigenvalue weighted by Gasteiger charge is -2.10. The Morgan fingerprint density at radius 2 is 1.74 bits per heavy atom. The minimum atomic E-state index is -3.49. The molecular formula is C20H26N2O4S. The SMILES string of the molecule is COc1ccccc1NC(=O)CCc1ccc(S(=O)(=O)NCC(C)C)cc1. The van der Waals surface area contributed by atoms with Crippen LogP contribution in [0.3, 0.4) is 0 Å². The molecule has 27 heavy (non-hydrogen) atoms. The first kappa shape index (κ1) is 20.9. The number of hydrogen-bond donors (Lipinski definition) is 2. The highest BCUT2D eigenvalue weighted by molar-refractivity contribution is 7.89. The Bertz CT molecular complexity index is 862. The van der Waals surface area contributed by atoms with Crippen LogP contribution in [-0.2, 0) is 21.2 Å². The lowest BCUT2D eigenvalue weighted by molar-refractivity contribution is -0.116. The van der Waals surface area contributed by atoms with Crippen LogP contribution in [0.25, 0.3) is 0 Å². The molecule has 2 N–H and O–H groups in total. The molecule has 0 spiro atoms.